The van der Waals surface area contributed by atoms with Gasteiger partial charge in [0.05, 0.1) is 6.10 Å². The second-order valence-corrected chi connectivity index (χ2v) is 3.37. The molecular weight excluding hydrogens is 185 g/mol. The molecule has 5 heteroatoms. The van der Waals surface area contributed by atoms with Crippen molar-refractivity contribution in [3.63, 3.8) is 0 Å². The van der Waals surface area contributed by atoms with Crippen LogP contribution in [0.25, 0.3) is 0 Å². The molecule has 0 amide bonds. The summed E-state index contributed by atoms with van der Waals surface area (Å²) in [5.74, 6) is -0.319. The Kier molecular flexibility index (Phi) is 2.58. The number of aromatic nitrogens is 2. The van der Waals surface area contributed by atoms with Crippen LogP contribution in [0.5, 0.6) is 0 Å². The number of ether oxygens (including phenoxy) is 1. The van der Waals surface area contributed by atoms with Gasteiger partial charge in [-0.05, 0) is 12.8 Å². The molecule has 0 spiro atoms. The third-order valence-electron chi connectivity index (χ3n) is 2.42. The van der Waals surface area contributed by atoms with Gasteiger partial charge < -0.3 is 10.1 Å². The highest BCUT2D eigenvalue weighted by atomic mass is 19.1. The molecule has 1 saturated carbocycles. The lowest BCUT2D eigenvalue weighted by atomic mass is 9.89. The van der Waals surface area contributed by atoms with Gasteiger partial charge in [-0.1, -0.05) is 0 Å². The van der Waals surface area contributed by atoms with Crippen LogP contribution in [-0.4, -0.2) is 29.2 Å². The maximum atomic E-state index is 13.0. The zero-order chi connectivity index (χ0) is 9.97. The molecule has 1 aromatic rings. The van der Waals surface area contributed by atoms with Crippen LogP contribution < -0.4 is 5.32 Å². The van der Waals surface area contributed by atoms with E-state index in [1.165, 1.54) is 12.4 Å². The molecule has 0 saturated heterocycles. The molecule has 0 aliphatic heterocycles. The Morgan fingerprint density at radius 2 is 2.14 bits per heavy atom. The quantitative estimate of drug-likeness (QED) is 0.791. The lowest BCUT2D eigenvalue weighted by Gasteiger charge is -2.34. The number of hydrogen-bond acceptors (Lipinski definition) is 4. The number of methoxy groups -OCH3 is 1. The molecule has 2 rings (SSSR count). The van der Waals surface area contributed by atoms with Crippen molar-refractivity contribution >= 4 is 5.82 Å². The highest BCUT2D eigenvalue weighted by molar-refractivity contribution is 5.34. The Labute approximate surface area is 81.5 Å². The summed E-state index contributed by atoms with van der Waals surface area (Å²) in [4.78, 5) is 7.37. The van der Waals surface area contributed by atoms with E-state index < -0.39 is 5.95 Å². The van der Waals surface area contributed by atoms with Crippen molar-refractivity contribution < 1.29 is 9.13 Å². The normalized spacial score (nSPS) is 25.6. The average Bonchev–Trinajstić information content (AvgIpc) is 2.13. The number of anilines is 1. The molecule has 4 nitrogen and oxygen atoms in total. The third kappa shape index (κ3) is 1.82. The van der Waals surface area contributed by atoms with E-state index in [1.807, 2.05) is 0 Å². The second-order valence-electron chi connectivity index (χ2n) is 3.37. The van der Waals surface area contributed by atoms with Crippen molar-refractivity contribution in [2.75, 3.05) is 12.4 Å². The first kappa shape index (κ1) is 9.33. The maximum absolute atomic E-state index is 13.0. The maximum Gasteiger partial charge on any atom is 0.255 e. The Morgan fingerprint density at radius 3 is 2.79 bits per heavy atom. The van der Waals surface area contributed by atoms with E-state index in [4.69, 9.17) is 4.74 Å². The summed E-state index contributed by atoms with van der Waals surface area (Å²) in [6, 6.07) is 0.256. The average molecular weight is 197 g/mol. The minimum Gasteiger partial charge on any atom is -0.381 e. The molecule has 76 valence electrons. The number of nitrogens with one attached hydrogen (secondary N) is 1. The largest absolute Gasteiger partial charge is 0.381 e. The first-order valence-electron chi connectivity index (χ1n) is 4.55. The van der Waals surface area contributed by atoms with Crippen LogP contribution in [0.4, 0.5) is 10.2 Å². The van der Waals surface area contributed by atoms with Gasteiger partial charge in [0.15, 0.2) is 5.82 Å². The summed E-state index contributed by atoms with van der Waals surface area (Å²) >= 11 is 0. The highest BCUT2D eigenvalue weighted by Gasteiger charge is 2.29. The lowest BCUT2D eigenvalue weighted by molar-refractivity contribution is 0.0327. The molecule has 1 aliphatic carbocycles. The van der Waals surface area contributed by atoms with E-state index in [9.17, 15) is 4.39 Å². The van der Waals surface area contributed by atoms with E-state index in [2.05, 4.69) is 15.3 Å². The SMILES string of the molecule is COC1CC(Nc2nccnc2F)C1. The topological polar surface area (TPSA) is 47.0 Å². The highest BCUT2D eigenvalue weighted by Crippen LogP contribution is 2.25. The number of rotatable bonds is 3. The van der Waals surface area contributed by atoms with Gasteiger partial charge in [-0.15, -0.1) is 0 Å². The summed E-state index contributed by atoms with van der Waals surface area (Å²) in [6.07, 6.45) is 4.89. The molecule has 0 atom stereocenters. The summed E-state index contributed by atoms with van der Waals surface area (Å²) in [5.41, 5.74) is 0. The van der Waals surface area contributed by atoms with Crippen molar-refractivity contribution in [1.82, 2.24) is 9.97 Å². The van der Waals surface area contributed by atoms with Crippen molar-refractivity contribution in [2.24, 2.45) is 0 Å². The van der Waals surface area contributed by atoms with Gasteiger partial charge in [-0.3, -0.25) is 0 Å². The van der Waals surface area contributed by atoms with E-state index >= 15 is 0 Å². The third-order valence-corrected chi connectivity index (χ3v) is 2.42. The van der Waals surface area contributed by atoms with E-state index in [1.54, 1.807) is 7.11 Å². The van der Waals surface area contributed by atoms with Gasteiger partial charge in [-0.2, -0.15) is 4.39 Å². The molecule has 1 aliphatic rings. The summed E-state index contributed by atoms with van der Waals surface area (Å²) in [7, 11) is 1.68. The molecule has 0 radical (unpaired) electrons. The van der Waals surface area contributed by atoms with Crippen LogP contribution in [0.15, 0.2) is 12.4 Å². The number of nitrogens with zero attached hydrogens (tertiary/aromatic N) is 2. The molecular formula is C9H12FN3O. The van der Waals surface area contributed by atoms with Crippen LogP contribution in [-0.2, 0) is 4.74 Å². The van der Waals surface area contributed by atoms with Crippen molar-refractivity contribution in [3.8, 4) is 0 Å². The van der Waals surface area contributed by atoms with Crippen molar-refractivity contribution in [2.45, 2.75) is 25.0 Å². The van der Waals surface area contributed by atoms with Crippen LogP contribution in [0.3, 0.4) is 0 Å². The predicted molar refractivity (Wildman–Crippen MR) is 49.4 cm³/mol. The molecule has 1 aromatic heterocycles. The molecule has 0 aromatic carbocycles. The fourth-order valence-corrected chi connectivity index (χ4v) is 1.49. The first-order chi connectivity index (χ1) is 6.79. The Balaban J connectivity index is 1.90. The van der Waals surface area contributed by atoms with Crippen molar-refractivity contribution in [3.05, 3.63) is 18.3 Å². The fourth-order valence-electron chi connectivity index (χ4n) is 1.49. The Bertz CT molecular complexity index is 315. The zero-order valence-electron chi connectivity index (χ0n) is 7.90. The fraction of sp³-hybridized carbons (Fsp3) is 0.556. The molecule has 1 N–H and O–H groups in total. The molecule has 1 heterocycles. The van der Waals surface area contributed by atoms with Crippen molar-refractivity contribution in [1.29, 1.82) is 0 Å². The van der Waals surface area contributed by atoms with Crippen LogP contribution in [0, 0.1) is 5.95 Å². The summed E-state index contributed by atoms with van der Waals surface area (Å²) in [6.45, 7) is 0. The van der Waals surface area contributed by atoms with E-state index in [0.29, 0.717) is 6.10 Å². The minimum absolute atomic E-state index is 0.229. The second kappa shape index (κ2) is 3.88. The van der Waals surface area contributed by atoms with Gasteiger partial charge >= 0.3 is 0 Å². The molecule has 14 heavy (non-hydrogen) atoms. The predicted octanol–water partition coefficient (Wildman–Crippen LogP) is 1.20. The van der Waals surface area contributed by atoms with Crippen LogP contribution in [0.2, 0.25) is 0 Å². The lowest BCUT2D eigenvalue weighted by Crippen LogP contribution is -2.40. The van der Waals surface area contributed by atoms with Gasteiger partial charge in [-0.25, -0.2) is 9.97 Å². The van der Waals surface area contributed by atoms with Crippen LogP contribution >= 0.6 is 0 Å². The van der Waals surface area contributed by atoms with Crippen LogP contribution in [0.1, 0.15) is 12.8 Å². The smallest absolute Gasteiger partial charge is 0.255 e. The molecule has 0 bridgehead atoms. The number of hydrogen-bond donors (Lipinski definition) is 1. The Morgan fingerprint density at radius 1 is 1.43 bits per heavy atom. The summed E-state index contributed by atoms with van der Waals surface area (Å²) < 4.78 is 18.1. The summed E-state index contributed by atoms with van der Waals surface area (Å²) in [5, 5.41) is 2.98. The molecule has 0 unspecified atom stereocenters. The standard InChI is InChI=1S/C9H12FN3O/c1-14-7-4-6(5-7)13-9-8(10)11-2-3-12-9/h2-3,6-7H,4-5H2,1H3,(H,12,13). The number of halogens is 1. The zero-order valence-corrected chi connectivity index (χ0v) is 7.90. The monoisotopic (exact) mass is 197 g/mol. The van der Waals surface area contributed by atoms with E-state index in [-0.39, 0.29) is 11.9 Å². The molecule has 1 fully saturated rings. The van der Waals surface area contributed by atoms with Gasteiger partial charge in [0.25, 0.3) is 5.95 Å². The van der Waals surface area contributed by atoms with Gasteiger partial charge in [0, 0.05) is 25.5 Å². The first-order valence-corrected chi connectivity index (χ1v) is 4.55. The minimum atomic E-state index is -0.548. The Hall–Kier alpha value is -1.23. The van der Waals surface area contributed by atoms with Gasteiger partial charge in [0.1, 0.15) is 0 Å². The van der Waals surface area contributed by atoms with E-state index in [0.717, 1.165) is 12.8 Å². The van der Waals surface area contributed by atoms with Gasteiger partial charge in [0.2, 0.25) is 0 Å².